The second-order valence-corrected chi connectivity index (χ2v) is 5.45. The molecule has 0 aliphatic rings. The van der Waals surface area contributed by atoms with Crippen molar-refractivity contribution in [1.82, 2.24) is 9.55 Å². The number of hydrogen-bond donors (Lipinski definition) is 1. The number of ether oxygens (including phenoxy) is 1. The van der Waals surface area contributed by atoms with Crippen LogP contribution >= 0.6 is 11.6 Å². The van der Waals surface area contributed by atoms with Gasteiger partial charge in [0, 0.05) is 29.3 Å². The summed E-state index contributed by atoms with van der Waals surface area (Å²) in [4.78, 5) is 4.08. The molecular weight excluding hydrogens is 317 g/mol. The summed E-state index contributed by atoms with van der Waals surface area (Å²) >= 11 is 5.96. The molecule has 0 saturated carbocycles. The fourth-order valence-electron chi connectivity index (χ4n) is 2.64. The molecule has 3 aromatic rings. The number of fused-ring (bicyclic) bond motifs is 1. The highest BCUT2D eigenvalue weighted by Gasteiger charge is 2.13. The van der Waals surface area contributed by atoms with Crippen LogP contribution in [-0.2, 0) is 6.54 Å². The van der Waals surface area contributed by atoms with Gasteiger partial charge in [-0.3, -0.25) is 5.41 Å². The normalized spacial score (nSPS) is 11.0. The van der Waals surface area contributed by atoms with Crippen molar-refractivity contribution in [2.75, 3.05) is 7.11 Å². The molecule has 0 aliphatic heterocycles. The molecule has 3 rings (SSSR count). The molecule has 0 radical (unpaired) electrons. The lowest BCUT2D eigenvalue weighted by molar-refractivity contribution is 0.414. The molecule has 2 heterocycles. The first-order valence-electron chi connectivity index (χ1n) is 7.12. The minimum absolute atomic E-state index is 0.217. The number of rotatable bonds is 3. The summed E-state index contributed by atoms with van der Waals surface area (Å²) in [7, 11) is 1.52. The summed E-state index contributed by atoms with van der Waals surface area (Å²) in [5.74, 6) is 0.140. The largest absolute Gasteiger partial charge is 0.497 e. The molecule has 4 nitrogen and oxygen atoms in total. The lowest BCUT2D eigenvalue weighted by atomic mass is 10.0. The number of nitrogens with one attached hydrogen (secondary N) is 1. The van der Waals surface area contributed by atoms with Crippen molar-refractivity contribution in [2.45, 2.75) is 13.5 Å². The predicted molar refractivity (Wildman–Crippen MR) is 88.2 cm³/mol. The third kappa shape index (κ3) is 2.68. The molecule has 23 heavy (non-hydrogen) atoms. The zero-order valence-electron chi connectivity index (χ0n) is 12.7. The van der Waals surface area contributed by atoms with Crippen molar-refractivity contribution in [3.63, 3.8) is 0 Å². The molecule has 0 saturated heterocycles. The second kappa shape index (κ2) is 6.01. The summed E-state index contributed by atoms with van der Waals surface area (Å²) in [6, 6.07) is 7.96. The average Bonchev–Trinajstić information content (AvgIpc) is 2.55. The molecule has 0 aliphatic carbocycles. The van der Waals surface area contributed by atoms with Crippen LogP contribution in [0.1, 0.15) is 6.92 Å². The third-order valence-electron chi connectivity index (χ3n) is 3.77. The summed E-state index contributed by atoms with van der Waals surface area (Å²) in [6.07, 6.45) is 1.63. The smallest absolute Gasteiger partial charge is 0.133 e. The van der Waals surface area contributed by atoms with Crippen LogP contribution in [0.4, 0.5) is 4.39 Å². The van der Waals surface area contributed by atoms with Crippen molar-refractivity contribution < 1.29 is 9.13 Å². The van der Waals surface area contributed by atoms with Gasteiger partial charge in [-0.2, -0.15) is 0 Å². The molecule has 0 amide bonds. The Hall–Kier alpha value is -2.40. The fraction of sp³-hybridized carbons (Fsp3) is 0.176. The van der Waals surface area contributed by atoms with E-state index < -0.39 is 5.82 Å². The molecule has 0 unspecified atom stereocenters. The molecule has 6 heteroatoms. The Morgan fingerprint density at radius 2 is 2.04 bits per heavy atom. The third-order valence-corrected chi connectivity index (χ3v) is 3.98. The summed E-state index contributed by atoms with van der Waals surface area (Å²) in [5.41, 5.74) is 1.83. The van der Waals surface area contributed by atoms with Gasteiger partial charge in [-0.1, -0.05) is 11.6 Å². The van der Waals surface area contributed by atoms with Gasteiger partial charge in [0.1, 0.15) is 22.2 Å². The Morgan fingerprint density at radius 3 is 2.74 bits per heavy atom. The van der Waals surface area contributed by atoms with E-state index in [0.29, 0.717) is 28.6 Å². The van der Waals surface area contributed by atoms with E-state index in [1.807, 2.05) is 6.92 Å². The number of methoxy groups -OCH3 is 1. The maximum Gasteiger partial charge on any atom is 0.133 e. The van der Waals surface area contributed by atoms with E-state index in [-0.39, 0.29) is 5.49 Å². The van der Waals surface area contributed by atoms with Crippen molar-refractivity contribution in [1.29, 1.82) is 5.41 Å². The Labute approximate surface area is 137 Å². The quantitative estimate of drug-likeness (QED) is 0.737. The molecule has 0 spiro atoms. The van der Waals surface area contributed by atoms with Gasteiger partial charge in [0.2, 0.25) is 0 Å². The number of benzene rings is 1. The minimum atomic E-state index is -0.400. The van der Waals surface area contributed by atoms with Crippen LogP contribution in [0.5, 0.6) is 5.75 Å². The van der Waals surface area contributed by atoms with Crippen molar-refractivity contribution in [2.24, 2.45) is 0 Å². The van der Waals surface area contributed by atoms with Gasteiger partial charge in [0.15, 0.2) is 0 Å². The summed E-state index contributed by atoms with van der Waals surface area (Å²) in [6.45, 7) is 2.49. The van der Waals surface area contributed by atoms with E-state index in [0.717, 1.165) is 10.9 Å². The molecule has 1 aromatic carbocycles. The first kappa shape index (κ1) is 15.5. The van der Waals surface area contributed by atoms with Gasteiger partial charge in [-0.05, 0) is 37.3 Å². The molecular formula is C17H15ClFN3O. The Morgan fingerprint density at radius 1 is 1.26 bits per heavy atom. The van der Waals surface area contributed by atoms with Crippen LogP contribution in [0.3, 0.4) is 0 Å². The highest BCUT2D eigenvalue weighted by Crippen LogP contribution is 2.27. The number of aryl methyl sites for hydroxylation is 1. The SMILES string of the molecule is CCn1c(=N)c(-c2cc(OC)ccc2F)cc2cnc(Cl)cc21. The topological polar surface area (TPSA) is 50.9 Å². The minimum Gasteiger partial charge on any atom is -0.497 e. The van der Waals surface area contributed by atoms with Crippen LogP contribution < -0.4 is 10.2 Å². The highest BCUT2D eigenvalue weighted by molar-refractivity contribution is 6.30. The lowest BCUT2D eigenvalue weighted by Gasteiger charge is -2.14. The van der Waals surface area contributed by atoms with E-state index >= 15 is 0 Å². The molecule has 0 bridgehead atoms. The highest BCUT2D eigenvalue weighted by atomic mass is 35.5. The molecule has 0 atom stereocenters. The second-order valence-electron chi connectivity index (χ2n) is 5.06. The van der Waals surface area contributed by atoms with E-state index in [9.17, 15) is 4.39 Å². The van der Waals surface area contributed by atoms with E-state index in [4.69, 9.17) is 21.7 Å². The standard InChI is InChI=1S/C17H15ClFN3O/c1-3-22-15-8-16(18)21-9-10(15)6-13(17(22)20)12-7-11(23-2)4-5-14(12)19/h4-9,20H,3H2,1-2H3. The molecule has 0 fully saturated rings. The zero-order valence-corrected chi connectivity index (χ0v) is 13.5. The van der Waals surface area contributed by atoms with E-state index in [1.54, 1.807) is 35.0 Å². The maximum absolute atomic E-state index is 14.3. The average molecular weight is 332 g/mol. The van der Waals surface area contributed by atoms with Gasteiger partial charge in [-0.25, -0.2) is 9.37 Å². The summed E-state index contributed by atoms with van der Waals surface area (Å²) < 4.78 is 21.2. The first-order valence-corrected chi connectivity index (χ1v) is 7.50. The lowest BCUT2D eigenvalue weighted by Crippen LogP contribution is -2.22. The van der Waals surface area contributed by atoms with Crippen LogP contribution in [0.2, 0.25) is 5.15 Å². The number of aromatic nitrogens is 2. The van der Waals surface area contributed by atoms with E-state index in [2.05, 4.69) is 4.98 Å². The molecule has 118 valence electrons. The monoisotopic (exact) mass is 331 g/mol. The van der Waals surface area contributed by atoms with Gasteiger partial charge >= 0.3 is 0 Å². The van der Waals surface area contributed by atoms with Gasteiger partial charge in [-0.15, -0.1) is 0 Å². The Bertz CT molecular complexity index is 952. The fourth-order valence-corrected chi connectivity index (χ4v) is 2.79. The van der Waals surface area contributed by atoms with Crippen molar-refractivity contribution in [3.8, 4) is 16.9 Å². The summed E-state index contributed by atoms with van der Waals surface area (Å²) in [5, 5.41) is 9.61. The number of hydrogen-bond acceptors (Lipinski definition) is 3. The van der Waals surface area contributed by atoms with Crippen LogP contribution in [0.25, 0.3) is 22.0 Å². The number of nitrogens with zero attached hydrogens (tertiary/aromatic N) is 2. The molecule has 2 aromatic heterocycles. The number of halogens is 2. The van der Waals surface area contributed by atoms with Gasteiger partial charge in [0.25, 0.3) is 0 Å². The van der Waals surface area contributed by atoms with Crippen molar-refractivity contribution >= 4 is 22.5 Å². The first-order chi connectivity index (χ1) is 11.0. The Kier molecular flexibility index (Phi) is 4.05. The van der Waals surface area contributed by atoms with Crippen molar-refractivity contribution in [3.05, 3.63) is 53.0 Å². The Balaban J connectivity index is 2.37. The molecule has 1 N–H and O–H groups in total. The maximum atomic E-state index is 14.3. The van der Waals surface area contributed by atoms with Crippen LogP contribution in [0, 0.1) is 11.2 Å². The number of pyridine rings is 2. The predicted octanol–water partition coefficient (Wildman–Crippen LogP) is 4.00. The van der Waals surface area contributed by atoms with Gasteiger partial charge < -0.3 is 9.30 Å². The zero-order chi connectivity index (χ0) is 16.6. The van der Waals surface area contributed by atoms with Gasteiger partial charge in [0.05, 0.1) is 12.6 Å². The van der Waals surface area contributed by atoms with Crippen LogP contribution in [-0.4, -0.2) is 16.7 Å². The van der Waals surface area contributed by atoms with Crippen LogP contribution in [0.15, 0.2) is 36.5 Å². The van der Waals surface area contributed by atoms with E-state index in [1.165, 1.54) is 13.2 Å².